The number of anilines is 1. The van der Waals surface area contributed by atoms with Crippen molar-refractivity contribution in [3.05, 3.63) is 70.6 Å². The van der Waals surface area contributed by atoms with Crippen molar-refractivity contribution in [3.8, 4) is 5.75 Å². The van der Waals surface area contributed by atoms with E-state index in [0.717, 1.165) is 10.9 Å². The molecule has 26 heavy (non-hydrogen) atoms. The quantitative estimate of drug-likeness (QED) is 0.695. The van der Waals surface area contributed by atoms with Crippen LogP contribution in [-0.2, 0) is 4.79 Å². The highest BCUT2D eigenvalue weighted by atomic mass is 16.5. The summed E-state index contributed by atoms with van der Waals surface area (Å²) in [5, 5.41) is 3.56. The maximum atomic E-state index is 12.4. The van der Waals surface area contributed by atoms with E-state index in [1.807, 2.05) is 24.3 Å². The Morgan fingerprint density at radius 1 is 1.04 bits per heavy atom. The summed E-state index contributed by atoms with van der Waals surface area (Å²) >= 11 is 0. The van der Waals surface area contributed by atoms with Crippen molar-refractivity contribution in [1.29, 1.82) is 0 Å². The minimum atomic E-state index is -0.651. The fourth-order valence-electron chi connectivity index (χ4n) is 2.60. The molecule has 0 radical (unpaired) electrons. The smallest absolute Gasteiger partial charge is 0.336 e. The summed E-state index contributed by atoms with van der Waals surface area (Å²) in [5.41, 5.74) is 1.85. The van der Waals surface area contributed by atoms with Crippen LogP contribution in [0.4, 0.5) is 5.69 Å². The lowest BCUT2D eigenvalue weighted by atomic mass is 10.0. The van der Waals surface area contributed by atoms with Gasteiger partial charge in [-0.2, -0.15) is 0 Å². The molecule has 0 bridgehead atoms. The van der Waals surface area contributed by atoms with Gasteiger partial charge < -0.3 is 14.5 Å². The van der Waals surface area contributed by atoms with Crippen LogP contribution >= 0.6 is 0 Å². The van der Waals surface area contributed by atoms with E-state index in [2.05, 4.69) is 19.2 Å². The predicted molar refractivity (Wildman–Crippen MR) is 102 cm³/mol. The molecule has 1 aromatic heterocycles. The van der Waals surface area contributed by atoms with E-state index in [9.17, 15) is 9.59 Å². The van der Waals surface area contributed by atoms with Crippen molar-refractivity contribution < 1.29 is 13.9 Å². The predicted octanol–water partition coefficient (Wildman–Crippen LogP) is 4.32. The van der Waals surface area contributed by atoms with E-state index in [0.29, 0.717) is 22.9 Å². The van der Waals surface area contributed by atoms with E-state index in [-0.39, 0.29) is 5.91 Å². The fraction of sp³-hybridized carbons (Fsp3) is 0.238. The second-order valence-corrected chi connectivity index (χ2v) is 6.48. The molecular weight excluding hydrogens is 330 g/mol. The van der Waals surface area contributed by atoms with Crippen LogP contribution in [0.2, 0.25) is 0 Å². The Kier molecular flexibility index (Phi) is 5.07. The largest absolute Gasteiger partial charge is 0.481 e. The highest BCUT2D eigenvalue weighted by molar-refractivity contribution is 5.96. The molecule has 134 valence electrons. The summed E-state index contributed by atoms with van der Waals surface area (Å²) in [6.07, 6.45) is -0.651. The van der Waals surface area contributed by atoms with Crippen molar-refractivity contribution >= 4 is 22.6 Å². The van der Waals surface area contributed by atoms with E-state index in [1.54, 1.807) is 31.2 Å². The number of benzene rings is 2. The lowest BCUT2D eigenvalue weighted by molar-refractivity contribution is -0.122. The molecule has 1 unspecified atom stereocenters. The molecule has 0 aliphatic carbocycles. The molecule has 1 amide bonds. The molecule has 2 aromatic carbocycles. The minimum absolute atomic E-state index is 0.253. The van der Waals surface area contributed by atoms with Crippen LogP contribution < -0.4 is 15.7 Å². The van der Waals surface area contributed by atoms with Gasteiger partial charge in [0.05, 0.1) is 0 Å². The maximum Gasteiger partial charge on any atom is 0.336 e. The van der Waals surface area contributed by atoms with Crippen molar-refractivity contribution in [1.82, 2.24) is 0 Å². The zero-order chi connectivity index (χ0) is 18.7. The lowest BCUT2D eigenvalue weighted by Crippen LogP contribution is -2.30. The number of nitrogens with one attached hydrogen (secondary N) is 1. The van der Waals surface area contributed by atoms with Crippen LogP contribution in [0.5, 0.6) is 5.75 Å². The van der Waals surface area contributed by atoms with Gasteiger partial charge in [0.1, 0.15) is 11.3 Å². The van der Waals surface area contributed by atoms with Crippen LogP contribution in [0, 0.1) is 0 Å². The van der Waals surface area contributed by atoms with E-state index in [4.69, 9.17) is 9.15 Å². The number of ether oxygens (including phenoxy) is 1. The molecule has 3 rings (SSSR count). The first-order valence-electron chi connectivity index (χ1n) is 8.54. The lowest BCUT2D eigenvalue weighted by Gasteiger charge is -2.16. The van der Waals surface area contributed by atoms with Crippen LogP contribution in [0.25, 0.3) is 11.0 Å². The fourth-order valence-corrected chi connectivity index (χ4v) is 2.60. The Balaban J connectivity index is 1.70. The molecule has 5 nitrogen and oxygen atoms in total. The average molecular weight is 351 g/mol. The third-order valence-corrected chi connectivity index (χ3v) is 4.09. The Morgan fingerprint density at radius 2 is 1.85 bits per heavy atom. The molecule has 0 aliphatic rings. The van der Waals surface area contributed by atoms with Gasteiger partial charge in [0.25, 0.3) is 5.91 Å². The van der Waals surface area contributed by atoms with Crippen LogP contribution in [0.1, 0.15) is 32.3 Å². The van der Waals surface area contributed by atoms with Crippen LogP contribution in [0.15, 0.2) is 63.8 Å². The van der Waals surface area contributed by atoms with E-state index >= 15 is 0 Å². The van der Waals surface area contributed by atoms with Crippen LogP contribution in [0.3, 0.4) is 0 Å². The topological polar surface area (TPSA) is 68.5 Å². The Hall–Kier alpha value is -3.08. The molecule has 1 N–H and O–H groups in total. The van der Waals surface area contributed by atoms with Gasteiger partial charge in [-0.15, -0.1) is 0 Å². The molecular formula is C21H21NO4. The number of rotatable bonds is 5. The minimum Gasteiger partial charge on any atom is -0.481 e. The number of fused-ring (bicyclic) bond motifs is 1. The normalized spacial score (nSPS) is 12.2. The van der Waals surface area contributed by atoms with Crippen molar-refractivity contribution in [2.24, 2.45) is 0 Å². The van der Waals surface area contributed by atoms with Gasteiger partial charge in [0.15, 0.2) is 6.10 Å². The zero-order valence-corrected chi connectivity index (χ0v) is 15.0. The standard InChI is InChI=1S/C21H21NO4/c1-13(2)15-5-4-6-18(12-15)25-14(3)21(24)22-17-8-9-19-16(11-17)7-10-20(23)26-19/h4-14H,1-3H3,(H,22,24). The van der Waals surface area contributed by atoms with Crippen molar-refractivity contribution in [3.63, 3.8) is 0 Å². The molecule has 0 saturated heterocycles. The molecule has 1 heterocycles. The van der Waals surface area contributed by atoms with Gasteiger partial charge >= 0.3 is 5.63 Å². The SMILES string of the molecule is CC(Oc1cccc(C(C)C)c1)C(=O)Nc1ccc2oc(=O)ccc2c1. The second-order valence-electron chi connectivity index (χ2n) is 6.48. The highest BCUT2D eigenvalue weighted by Crippen LogP contribution is 2.22. The molecule has 3 aromatic rings. The summed E-state index contributed by atoms with van der Waals surface area (Å²) in [7, 11) is 0. The summed E-state index contributed by atoms with van der Waals surface area (Å²) < 4.78 is 10.9. The van der Waals surface area contributed by atoms with E-state index in [1.165, 1.54) is 6.07 Å². The third-order valence-electron chi connectivity index (χ3n) is 4.09. The Morgan fingerprint density at radius 3 is 2.62 bits per heavy atom. The van der Waals surface area contributed by atoms with Crippen molar-refractivity contribution in [2.45, 2.75) is 32.8 Å². The Bertz CT molecular complexity index is 990. The first-order chi connectivity index (χ1) is 12.4. The first-order valence-corrected chi connectivity index (χ1v) is 8.54. The van der Waals surface area contributed by atoms with Gasteiger partial charge in [0.2, 0.25) is 0 Å². The summed E-state index contributed by atoms with van der Waals surface area (Å²) in [4.78, 5) is 23.6. The van der Waals surface area contributed by atoms with Crippen molar-refractivity contribution in [2.75, 3.05) is 5.32 Å². The van der Waals surface area contributed by atoms with Crippen LogP contribution in [-0.4, -0.2) is 12.0 Å². The first kappa shape index (κ1) is 17.7. The Labute approximate surface area is 151 Å². The molecule has 5 heteroatoms. The number of hydrogen-bond donors (Lipinski definition) is 1. The van der Waals surface area contributed by atoms with E-state index < -0.39 is 11.7 Å². The zero-order valence-electron chi connectivity index (χ0n) is 15.0. The van der Waals surface area contributed by atoms with Gasteiger partial charge in [-0.05, 0) is 54.8 Å². The molecule has 0 spiro atoms. The monoisotopic (exact) mass is 351 g/mol. The number of carbonyl (C=O) groups excluding carboxylic acids is 1. The van der Waals surface area contributed by atoms with Gasteiger partial charge in [0, 0.05) is 17.1 Å². The maximum absolute atomic E-state index is 12.4. The number of amides is 1. The third kappa shape index (κ3) is 4.11. The number of hydrogen-bond acceptors (Lipinski definition) is 4. The molecule has 0 fully saturated rings. The molecule has 1 atom stereocenters. The summed E-state index contributed by atoms with van der Waals surface area (Å²) in [6.45, 7) is 5.92. The molecule has 0 aliphatic heterocycles. The van der Waals surface area contributed by atoms with Gasteiger partial charge in [-0.1, -0.05) is 26.0 Å². The summed E-state index contributed by atoms with van der Waals surface area (Å²) in [5.74, 6) is 0.802. The highest BCUT2D eigenvalue weighted by Gasteiger charge is 2.15. The molecule has 0 saturated carbocycles. The van der Waals surface area contributed by atoms with Gasteiger partial charge in [-0.3, -0.25) is 4.79 Å². The summed E-state index contributed by atoms with van der Waals surface area (Å²) in [6, 6.07) is 15.9. The number of carbonyl (C=O) groups is 1. The average Bonchev–Trinajstić information content (AvgIpc) is 2.62. The second kappa shape index (κ2) is 7.44. The van der Waals surface area contributed by atoms with Gasteiger partial charge in [-0.25, -0.2) is 4.79 Å².